The Morgan fingerprint density at radius 1 is 1.42 bits per heavy atom. The smallest absolute Gasteiger partial charge is 0.226 e. The van der Waals surface area contributed by atoms with Gasteiger partial charge >= 0.3 is 0 Å². The van der Waals surface area contributed by atoms with Gasteiger partial charge in [0, 0.05) is 24.5 Å². The van der Waals surface area contributed by atoms with Crippen molar-refractivity contribution < 1.29 is 14.7 Å². The summed E-state index contributed by atoms with van der Waals surface area (Å²) in [5.41, 5.74) is 0.302. The standard InChI is InChI=1S/C15H21NO3/c1-4-9(2)14(18)13-7-12(17)8-16(13)15(19)10(3)11-5-6-11/h4,10-13,17H,1-2,5-8H2,3H3. The molecule has 0 spiro atoms. The number of hydrogen-bond donors (Lipinski definition) is 1. The monoisotopic (exact) mass is 263 g/mol. The van der Waals surface area contributed by atoms with E-state index in [1.807, 2.05) is 6.92 Å². The molecular formula is C15H21NO3. The summed E-state index contributed by atoms with van der Waals surface area (Å²) in [5.74, 6) is 0.165. The predicted octanol–water partition coefficient (Wildman–Crippen LogP) is 1.31. The quantitative estimate of drug-likeness (QED) is 0.601. The van der Waals surface area contributed by atoms with Crippen LogP contribution in [0.25, 0.3) is 0 Å². The van der Waals surface area contributed by atoms with E-state index in [0.717, 1.165) is 12.8 Å². The molecule has 19 heavy (non-hydrogen) atoms. The summed E-state index contributed by atoms with van der Waals surface area (Å²) in [4.78, 5) is 26.1. The summed E-state index contributed by atoms with van der Waals surface area (Å²) in [5, 5.41) is 9.76. The number of aliphatic hydroxyl groups is 1. The molecule has 1 amide bonds. The minimum atomic E-state index is -0.623. The van der Waals surface area contributed by atoms with E-state index in [-0.39, 0.29) is 24.2 Å². The number of rotatable bonds is 5. The lowest BCUT2D eigenvalue weighted by molar-refractivity contribution is -0.140. The molecule has 1 aliphatic heterocycles. The first-order chi connectivity index (χ1) is 8.95. The largest absolute Gasteiger partial charge is 0.391 e. The van der Waals surface area contributed by atoms with Crippen molar-refractivity contribution in [1.82, 2.24) is 4.90 Å². The van der Waals surface area contributed by atoms with E-state index in [1.54, 1.807) is 0 Å². The molecule has 1 aliphatic carbocycles. The van der Waals surface area contributed by atoms with E-state index in [0.29, 0.717) is 17.9 Å². The summed E-state index contributed by atoms with van der Waals surface area (Å²) in [7, 11) is 0. The molecule has 0 aromatic heterocycles. The molecule has 2 rings (SSSR count). The van der Waals surface area contributed by atoms with Gasteiger partial charge in [0.25, 0.3) is 0 Å². The fourth-order valence-electron chi connectivity index (χ4n) is 2.68. The van der Waals surface area contributed by atoms with E-state index in [1.165, 1.54) is 11.0 Å². The summed E-state index contributed by atoms with van der Waals surface area (Å²) >= 11 is 0. The van der Waals surface area contributed by atoms with Crippen LogP contribution in [0.1, 0.15) is 26.2 Å². The van der Waals surface area contributed by atoms with Crippen LogP contribution in [0.15, 0.2) is 24.8 Å². The average Bonchev–Trinajstić information content (AvgIpc) is 3.18. The molecule has 2 aliphatic rings. The number of carbonyl (C=O) groups excluding carboxylic acids is 2. The molecule has 4 nitrogen and oxygen atoms in total. The van der Waals surface area contributed by atoms with Gasteiger partial charge in [0.15, 0.2) is 5.78 Å². The summed E-state index contributed by atoms with van der Waals surface area (Å²) < 4.78 is 0. The normalized spacial score (nSPS) is 28.0. The number of likely N-dealkylation sites (tertiary alicyclic amines) is 1. The molecular weight excluding hydrogens is 242 g/mol. The van der Waals surface area contributed by atoms with Gasteiger partial charge in [-0.1, -0.05) is 26.2 Å². The van der Waals surface area contributed by atoms with Crippen LogP contribution in [0, 0.1) is 11.8 Å². The molecule has 0 aromatic rings. The molecule has 0 aromatic carbocycles. The molecule has 1 N–H and O–H groups in total. The second-order valence-corrected chi connectivity index (χ2v) is 5.62. The third-order valence-electron chi connectivity index (χ3n) is 4.15. The van der Waals surface area contributed by atoms with Crippen molar-refractivity contribution in [1.29, 1.82) is 0 Å². The van der Waals surface area contributed by atoms with E-state index in [2.05, 4.69) is 13.2 Å². The van der Waals surface area contributed by atoms with Crippen LogP contribution in [0.3, 0.4) is 0 Å². The van der Waals surface area contributed by atoms with Crippen molar-refractivity contribution >= 4 is 11.7 Å². The van der Waals surface area contributed by atoms with Crippen LogP contribution in [0.5, 0.6) is 0 Å². The topological polar surface area (TPSA) is 57.6 Å². The Morgan fingerprint density at radius 2 is 2.05 bits per heavy atom. The molecule has 0 radical (unpaired) electrons. The highest BCUT2D eigenvalue weighted by atomic mass is 16.3. The number of Topliss-reactive ketones (excluding diaryl/α,β-unsaturated/α-hetero) is 1. The SMILES string of the molecule is C=CC(=C)C(=O)C1CC(O)CN1C(=O)C(C)C1CC1. The molecule has 3 unspecified atom stereocenters. The number of hydrogen-bond acceptors (Lipinski definition) is 3. The van der Waals surface area contributed by atoms with E-state index >= 15 is 0 Å². The van der Waals surface area contributed by atoms with E-state index < -0.39 is 12.1 Å². The first-order valence-electron chi connectivity index (χ1n) is 6.79. The third-order valence-corrected chi connectivity index (χ3v) is 4.15. The minimum Gasteiger partial charge on any atom is -0.391 e. The molecule has 2 fully saturated rings. The van der Waals surface area contributed by atoms with Crippen molar-refractivity contribution in [2.24, 2.45) is 11.8 Å². The van der Waals surface area contributed by atoms with E-state index in [4.69, 9.17) is 0 Å². The number of carbonyl (C=O) groups is 2. The third kappa shape index (κ3) is 2.78. The van der Waals surface area contributed by atoms with Gasteiger partial charge in [-0.25, -0.2) is 0 Å². The number of aliphatic hydroxyl groups excluding tert-OH is 1. The van der Waals surface area contributed by atoms with Crippen molar-refractivity contribution in [3.8, 4) is 0 Å². The van der Waals surface area contributed by atoms with E-state index in [9.17, 15) is 14.7 Å². The van der Waals surface area contributed by atoms with Crippen LogP contribution in [-0.2, 0) is 9.59 Å². The Hall–Kier alpha value is -1.42. The van der Waals surface area contributed by atoms with Crippen molar-refractivity contribution in [2.75, 3.05) is 6.54 Å². The van der Waals surface area contributed by atoms with Gasteiger partial charge in [-0.3, -0.25) is 9.59 Å². The van der Waals surface area contributed by atoms with Crippen molar-refractivity contribution in [3.05, 3.63) is 24.8 Å². The maximum Gasteiger partial charge on any atom is 0.226 e. The minimum absolute atomic E-state index is 0.0192. The van der Waals surface area contributed by atoms with Crippen molar-refractivity contribution in [3.63, 3.8) is 0 Å². The first-order valence-corrected chi connectivity index (χ1v) is 6.79. The molecule has 3 atom stereocenters. The zero-order valence-electron chi connectivity index (χ0n) is 11.3. The molecule has 1 saturated heterocycles. The van der Waals surface area contributed by atoms with Gasteiger partial charge in [0.2, 0.25) is 5.91 Å². The first kappa shape index (κ1) is 14.0. The van der Waals surface area contributed by atoms with Crippen molar-refractivity contribution in [2.45, 2.75) is 38.3 Å². The summed E-state index contributed by atoms with van der Waals surface area (Å²) in [6.45, 7) is 9.33. The Morgan fingerprint density at radius 3 is 2.58 bits per heavy atom. The van der Waals surface area contributed by atoms with Crippen LogP contribution in [-0.4, -0.2) is 40.4 Å². The Bertz CT molecular complexity index is 425. The Kier molecular flexibility index (Phi) is 3.90. The number of ketones is 1. The van der Waals surface area contributed by atoms with Gasteiger partial charge in [-0.05, 0) is 18.8 Å². The van der Waals surface area contributed by atoms with Crippen LogP contribution < -0.4 is 0 Å². The molecule has 1 saturated carbocycles. The number of allylic oxidation sites excluding steroid dienone is 1. The average molecular weight is 263 g/mol. The van der Waals surface area contributed by atoms with Gasteiger partial charge in [-0.2, -0.15) is 0 Å². The molecule has 104 valence electrons. The highest BCUT2D eigenvalue weighted by molar-refractivity contribution is 6.03. The lowest BCUT2D eigenvalue weighted by Crippen LogP contribution is -2.43. The Labute approximate surface area is 113 Å². The fourth-order valence-corrected chi connectivity index (χ4v) is 2.68. The number of amides is 1. The zero-order valence-corrected chi connectivity index (χ0v) is 11.3. The molecule has 4 heteroatoms. The maximum atomic E-state index is 12.4. The van der Waals surface area contributed by atoms with Crippen LogP contribution >= 0.6 is 0 Å². The van der Waals surface area contributed by atoms with Gasteiger partial charge in [-0.15, -0.1) is 0 Å². The summed E-state index contributed by atoms with van der Waals surface area (Å²) in [6, 6.07) is -0.575. The number of nitrogens with zero attached hydrogens (tertiary/aromatic N) is 1. The van der Waals surface area contributed by atoms with Crippen LogP contribution in [0.4, 0.5) is 0 Å². The fraction of sp³-hybridized carbons (Fsp3) is 0.600. The summed E-state index contributed by atoms with van der Waals surface area (Å²) in [6.07, 6.45) is 3.25. The predicted molar refractivity (Wildman–Crippen MR) is 72.4 cm³/mol. The zero-order chi connectivity index (χ0) is 14.2. The molecule has 1 heterocycles. The lowest BCUT2D eigenvalue weighted by Gasteiger charge is -2.26. The second kappa shape index (κ2) is 5.29. The van der Waals surface area contributed by atoms with Gasteiger partial charge < -0.3 is 10.0 Å². The van der Waals surface area contributed by atoms with Crippen LogP contribution in [0.2, 0.25) is 0 Å². The van der Waals surface area contributed by atoms with Gasteiger partial charge in [0.05, 0.1) is 12.1 Å². The maximum absolute atomic E-state index is 12.4. The van der Waals surface area contributed by atoms with Gasteiger partial charge in [0.1, 0.15) is 0 Å². The Balaban J connectivity index is 2.12. The molecule has 0 bridgehead atoms. The second-order valence-electron chi connectivity index (χ2n) is 5.62. The highest BCUT2D eigenvalue weighted by Gasteiger charge is 2.43. The number of β-amino-alcohol motifs (C(OH)–C–C–N with tert-alkyl or cyclic N) is 1. The lowest BCUT2D eigenvalue weighted by atomic mass is 10.0. The highest BCUT2D eigenvalue weighted by Crippen LogP contribution is 2.38.